The molecule has 2 amide bonds. The number of phenols is 1. The van der Waals surface area contributed by atoms with Crippen molar-refractivity contribution in [1.29, 1.82) is 0 Å². The number of hydrogen-bond donors (Lipinski definition) is 4. The van der Waals surface area contributed by atoms with Gasteiger partial charge in [-0.3, -0.25) is 14.4 Å². The van der Waals surface area contributed by atoms with Gasteiger partial charge in [0.25, 0.3) is 0 Å². The number of β-lactam (4-membered cyclic amide) rings is 1. The first-order chi connectivity index (χ1) is 18.7. The number of amides is 2. The number of thioether (sulfide) groups is 1. The number of nitro groups is 1. The fourth-order valence-corrected chi connectivity index (χ4v) is 6.78. The number of aromatic hydroxyl groups is 1. The average Bonchev–Trinajstić information content (AvgIpc) is 3.35. The number of carbonyl (C=O) groups is 4. The number of carboxylic acid groups (broad SMARTS) is 1. The van der Waals surface area contributed by atoms with E-state index in [0.29, 0.717) is 11.4 Å². The fourth-order valence-electron chi connectivity index (χ4n) is 5.01. The molecule has 2 aromatic rings. The van der Waals surface area contributed by atoms with Crippen LogP contribution in [-0.4, -0.2) is 81.6 Å². The summed E-state index contributed by atoms with van der Waals surface area (Å²) in [4.78, 5) is 67.0. The van der Waals surface area contributed by atoms with Crippen LogP contribution in [0.25, 0.3) is 0 Å². The predicted molar refractivity (Wildman–Crippen MR) is 139 cm³/mol. The van der Waals surface area contributed by atoms with E-state index in [0.717, 1.165) is 22.9 Å². The van der Waals surface area contributed by atoms with E-state index in [9.17, 15) is 39.5 Å². The lowest BCUT2D eigenvalue weighted by Gasteiger charge is -2.49. The highest BCUT2D eigenvalue weighted by Gasteiger charge is 2.73. The minimum atomic E-state index is -1.98. The van der Waals surface area contributed by atoms with Gasteiger partial charge in [-0.15, -0.1) is 11.8 Å². The van der Waals surface area contributed by atoms with Gasteiger partial charge in [0.2, 0.25) is 11.8 Å². The summed E-state index contributed by atoms with van der Waals surface area (Å²) in [7, 11) is 0. The van der Waals surface area contributed by atoms with Gasteiger partial charge in [0.05, 0.1) is 6.42 Å². The van der Waals surface area contributed by atoms with Crippen molar-refractivity contribution in [2.45, 2.75) is 61.5 Å². The van der Waals surface area contributed by atoms with Gasteiger partial charge in [0, 0.05) is 11.7 Å². The molecular weight excluding hydrogens is 548 g/mol. The Labute approximate surface area is 231 Å². The number of nitrogens with one attached hydrogen (secondary N) is 1. The highest BCUT2D eigenvalue weighted by Crippen LogP contribution is 2.58. The Morgan fingerprint density at radius 2 is 1.95 bits per heavy atom. The number of aromatic nitrogens is 2. The lowest BCUT2D eigenvalue weighted by molar-refractivity contribution is -0.392. The van der Waals surface area contributed by atoms with Gasteiger partial charge in [-0.05, 0) is 36.5 Å². The zero-order valence-electron chi connectivity index (χ0n) is 21.8. The molecule has 2 saturated heterocycles. The summed E-state index contributed by atoms with van der Waals surface area (Å²) in [6.45, 7) is 4.36. The molecule has 2 aliphatic rings. The maximum Gasteiger partial charge on any atom is 0.342 e. The summed E-state index contributed by atoms with van der Waals surface area (Å²) < 4.78 is 5.31. The number of benzene rings is 1. The second-order valence-electron chi connectivity index (χ2n) is 9.92. The van der Waals surface area contributed by atoms with E-state index in [1.54, 1.807) is 20.8 Å². The van der Waals surface area contributed by atoms with Crippen molar-refractivity contribution in [2.75, 3.05) is 6.61 Å². The maximum absolute atomic E-state index is 13.2. The van der Waals surface area contributed by atoms with Crippen LogP contribution in [-0.2, 0) is 30.5 Å². The van der Waals surface area contributed by atoms with Crippen LogP contribution < -0.4 is 11.1 Å². The average molecular weight is 577 g/mol. The molecule has 1 unspecified atom stereocenters. The van der Waals surface area contributed by atoms with E-state index in [2.05, 4.69) is 10.3 Å². The van der Waals surface area contributed by atoms with Crippen molar-refractivity contribution in [3.8, 4) is 5.75 Å². The van der Waals surface area contributed by atoms with Crippen LogP contribution in [0.4, 0.5) is 5.82 Å². The van der Waals surface area contributed by atoms with Gasteiger partial charge < -0.3 is 41.0 Å². The van der Waals surface area contributed by atoms with Crippen LogP contribution in [0.2, 0.25) is 0 Å². The molecular formula is C24H28N6O9S. The van der Waals surface area contributed by atoms with Crippen LogP contribution in [0.5, 0.6) is 5.75 Å². The van der Waals surface area contributed by atoms with Crippen molar-refractivity contribution in [1.82, 2.24) is 19.8 Å². The summed E-state index contributed by atoms with van der Waals surface area (Å²) in [5.74, 6) is -3.63. The molecule has 1 aromatic carbocycles. The zero-order chi connectivity index (χ0) is 29.6. The Bertz CT molecular complexity index is 1380. The summed E-state index contributed by atoms with van der Waals surface area (Å²) in [6, 6.07) is 3.46. The summed E-state index contributed by atoms with van der Waals surface area (Å²) in [6.07, 6.45) is 0.403. The second-order valence-corrected chi connectivity index (χ2v) is 11.7. The number of carboxylic acids is 1. The molecule has 1 aromatic heterocycles. The lowest BCUT2D eigenvalue weighted by atomic mass is 9.78. The SMILES string of the molecule is Cc1ncc([N+](=O)[O-])n1CCOC(=O)C[C@@]1(C(=O)O)N2C(=O)[C@@H](NC(=O)C(N)c3ccc(O)cc3)[C@H]2SC1(C)C. The third-order valence-corrected chi connectivity index (χ3v) is 8.90. The lowest BCUT2D eigenvalue weighted by Crippen LogP contribution is -2.76. The predicted octanol–water partition coefficient (Wildman–Crippen LogP) is 0.441. The Morgan fingerprint density at radius 1 is 1.30 bits per heavy atom. The van der Waals surface area contributed by atoms with Crippen molar-refractivity contribution in [3.05, 3.63) is 52.0 Å². The van der Waals surface area contributed by atoms with E-state index >= 15 is 0 Å². The van der Waals surface area contributed by atoms with Crippen molar-refractivity contribution in [2.24, 2.45) is 5.73 Å². The van der Waals surface area contributed by atoms with Gasteiger partial charge in [-0.2, -0.15) is 0 Å². The first-order valence-electron chi connectivity index (χ1n) is 12.1. The van der Waals surface area contributed by atoms with Gasteiger partial charge in [0.1, 0.15) is 42.6 Å². The number of carbonyl (C=O) groups excluding carboxylic acids is 3. The van der Waals surface area contributed by atoms with E-state index in [4.69, 9.17) is 10.5 Å². The highest BCUT2D eigenvalue weighted by atomic mass is 32.2. The van der Waals surface area contributed by atoms with E-state index in [1.165, 1.54) is 28.8 Å². The molecule has 0 bridgehead atoms. The van der Waals surface area contributed by atoms with E-state index in [-0.39, 0.29) is 24.7 Å². The second kappa shape index (κ2) is 10.4. The van der Waals surface area contributed by atoms with Crippen LogP contribution in [0, 0.1) is 17.0 Å². The van der Waals surface area contributed by atoms with Crippen molar-refractivity contribution < 1.29 is 39.1 Å². The number of esters is 1. The normalized spacial score (nSPS) is 23.6. The van der Waals surface area contributed by atoms with Gasteiger partial charge in [-0.1, -0.05) is 12.1 Å². The largest absolute Gasteiger partial charge is 0.508 e. The maximum atomic E-state index is 13.2. The number of aliphatic carboxylic acids is 1. The third-order valence-electron chi connectivity index (χ3n) is 7.25. The first-order valence-corrected chi connectivity index (χ1v) is 13.0. The Kier molecular flexibility index (Phi) is 7.51. The molecule has 4 atom stereocenters. The number of imidazole rings is 1. The Hall–Kier alpha value is -4.18. The zero-order valence-corrected chi connectivity index (χ0v) is 22.6. The molecule has 16 heteroatoms. The van der Waals surface area contributed by atoms with Crippen LogP contribution in [0.1, 0.15) is 37.7 Å². The number of phenolic OH excluding ortho intramolecular Hbond substituents is 1. The number of nitrogens with zero attached hydrogens (tertiary/aromatic N) is 4. The number of ether oxygens (including phenoxy) is 1. The standard InChI is InChI=1S/C24H28N6O9S/c1-12-26-11-15(30(37)38)28(12)8-9-39-16(32)10-24(22(35)36)23(2,3)40-21-18(20(34)29(21)24)27-19(33)17(25)13-4-6-14(31)7-5-13/h4-7,11,17-18,21,31H,8-10,25H2,1-3H3,(H,27,33)(H,35,36)/t17?,18-,21-,24+/m1/s1. The molecule has 0 aliphatic carbocycles. The third kappa shape index (κ3) is 4.72. The van der Waals surface area contributed by atoms with Gasteiger partial charge in [0.15, 0.2) is 11.4 Å². The molecule has 40 heavy (non-hydrogen) atoms. The summed E-state index contributed by atoms with van der Waals surface area (Å²) in [5, 5.41) is 32.7. The first kappa shape index (κ1) is 28.8. The smallest absolute Gasteiger partial charge is 0.342 e. The number of fused-ring (bicyclic) bond motifs is 1. The van der Waals surface area contributed by atoms with Gasteiger partial charge >= 0.3 is 17.8 Å². The van der Waals surface area contributed by atoms with Crippen LogP contribution in [0.3, 0.4) is 0 Å². The summed E-state index contributed by atoms with van der Waals surface area (Å²) >= 11 is 1.13. The molecule has 0 saturated carbocycles. The quantitative estimate of drug-likeness (QED) is 0.131. The summed E-state index contributed by atoms with van der Waals surface area (Å²) in [5.41, 5.74) is 4.43. The van der Waals surface area contributed by atoms with Crippen LogP contribution in [0.15, 0.2) is 30.5 Å². The van der Waals surface area contributed by atoms with Gasteiger partial charge in [-0.25, -0.2) is 14.3 Å². The minimum Gasteiger partial charge on any atom is -0.508 e. The number of nitrogens with two attached hydrogens (primary N) is 1. The monoisotopic (exact) mass is 576 g/mol. The topological polar surface area (TPSA) is 220 Å². The van der Waals surface area contributed by atoms with E-state index < -0.39 is 62.8 Å². The number of aryl methyl sites for hydroxylation is 1. The molecule has 3 heterocycles. The molecule has 4 rings (SSSR count). The van der Waals surface area contributed by atoms with Crippen molar-refractivity contribution in [3.63, 3.8) is 0 Å². The molecule has 5 N–H and O–H groups in total. The molecule has 0 spiro atoms. The highest BCUT2D eigenvalue weighted by molar-refractivity contribution is 8.01. The molecule has 2 aliphatic heterocycles. The molecule has 2 fully saturated rings. The molecule has 0 radical (unpaired) electrons. The van der Waals surface area contributed by atoms with Crippen LogP contribution >= 0.6 is 11.8 Å². The Morgan fingerprint density at radius 3 is 2.55 bits per heavy atom. The number of hydrogen-bond acceptors (Lipinski definition) is 11. The number of rotatable bonds is 10. The van der Waals surface area contributed by atoms with E-state index in [1.807, 2.05) is 0 Å². The van der Waals surface area contributed by atoms with Crippen molar-refractivity contribution >= 4 is 41.3 Å². The molecule has 15 nitrogen and oxygen atoms in total. The Balaban J connectivity index is 1.45. The minimum absolute atomic E-state index is 0.00699. The molecule has 214 valence electrons. The fraction of sp³-hybridized carbons (Fsp3) is 0.458.